The fraction of sp³-hybridized carbons (Fsp3) is 0.583. The normalized spacial score (nSPS) is 25.2. The summed E-state index contributed by atoms with van der Waals surface area (Å²) in [7, 11) is 0. The van der Waals surface area contributed by atoms with Crippen molar-refractivity contribution in [2.24, 2.45) is 5.41 Å². The summed E-state index contributed by atoms with van der Waals surface area (Å²) in [5, 5.41) is 0. The highest BCUT2D eigenvalue weighted by Gasteiger charge is 2.23. The zero-order valence-corrected chi connectivity index (χ0v) is 8.55. The molecule has 0 aliphatic heterocycles. The first-order valence-corrected chi connectivity index (χ1v) is 4.94. The van der Waals surface area contributed by atoms with Gasteiger partial charge in [0.25, 0.3) is 0 Å². The number of aldehydes is 1. The maximum Gasteiger partial charge on any atom is 0.142 e. The van der Waals surface area contributed by atoms with Gasteiger partial charge in [-0.25, -0.2) is 0 Å². The third-order valence-electron chi connectivity index (χ3n) is 2.58. The van der Waals surface area contributed by atoms with Crippen LogP contribution in [0.4, 0.5) is 0 Å². The van der Waals surface area contributed by atoms with Gasteiger partial charge in [0.05, 0.1) is 0 Å². The van der Waals surface area contributed by atoms with Crippen LogP contribution in [0.2, 0.25) is 0 Å². The van der Waals surface area contributed by atoms with E-state index in [9.17, 15) is 4.79 Å². The summed E-state index contributed by atoms with van der Waals surface area (Å²) in [5.74, 6) is 0. The molecule has 0 saturated heterocycles. The Hall–Kier alpha value is -0.850. The van der Waals surface area contributed by atoms with Crippen molar-refractivity contribution in [1.29, 1.82) is 0 Å². The van der Waals surface area contributed by atoms with Crippen molar-refractivity contribution in [3.8, 4) is 0 Å². The van der Waals surface area contributed by atoms with E-state index in [4.69, 9.17) is 0 Å². The molecule has 0 aromatic heterocycles. The first kappa shape index (κ1) is 10.2. The monoisotopic (exact) mass is 178 g/mol. The highest BCUT2D eigenvalue weighted by molar-refractivity contribution is 5.65. The number of hydrogen-bond donors (Lipinski definition) is 0. The van der Waals surface area contributed by atoms with E-state index in [1.54, 1.807) is 6.08 Å². The molecule has 0 aromatic carbocycles. The molecular weight excluding hydrogens is 160 g/mol. The van der Waals surface area contributed by atoms with Crippen LogP contribution in [-0.2, 0) is 4.79 Å². The zero-order chi connectivity index (χ0) is 9.73. The van der Waals surface area contributed by atoms with Gasteiger partial charge in [0.2, 0.25) is 0 Å². The molecule has 0 spiro atoms. The van der Waals surface area contributed by atoms with Crippen molar-refractivity contribution >= 4 is 6.29 Å². The number of allylic oxidation sites excluding steroid dienone is 4. The molecule has 1 saturated carbocycles. The Morgan fingerprint density at radius 3 is 2.69 bits per heavy atom. The second-order valence-electron chi connectivity index (χ2n) is 4.54. The predicted molar refractivity (Wildman–Crippen MR) is 55.5 cm³/mol. The molecule has 0 unspecified atom stereocenters. The lowest BCUT2D eigenvalue weighted by molar-refractivity contribution is -0.104. The van der Waals surface area contributed by atoms with Crippen LogP contribution in [0.25, 0.3) is 0 Å². The lowest BCUT2D eigenvalue weighted by atomic mass is 9.75. The fourth-order valence-corrected chi connectivity index (χ4v) is 1.96. The van der Waals surface area contributed by atoms with Gasteiger partial charge in [-0.1, -0.05) is 31.6 Å². The van der Waals surface area contributed by atoms with Crippen LogP contribution in [0.5, 0.6) is 0 Å². The summed E-state index contributed by atoms with van der Waals surface area (Å²) >= 11 is 0. The van der Waals surface area contributed by atoms with Crippen LogP contribution in [0.15, 0.2) is 23.8 Å². The van der Waals surface area contributed by atoms with Gasteiger partial charge in [-0.15, -0.1) is 0 Å². The van der Waals surface area contributed by atoms with Crippen LogP contribution >= 0.6 is 0 Å². The van der Waals surface area contributed by atoms with E-state index in [1.807, 2.05) is 6.08 Å². The summed E-state index contributed by atoms with van der Waals surface area (Å²) in [6.45, 7) is 4.62. The highest BCUT2D eigenvalue weighted by Crippen LogP contribution is 2.37. The van der Waals surface area contributed by atoms with Crippen molar-refractivity contribution in [3.05, 3.63) is 23.8 Å². The average Bonchev–Trinajstić information content (AvgIpc) is 2.03. The average molecular weight is 178 g/mol. The van der Waals surface area contributed by atoms with Crippen molar-refractivity contribution in [2.45, 2.75) is 39.5 Å². The molecule has 1 rings (SSSR count). The van der Waals surface area contributed by atoms with Crippen LogP contribution in [0, 0.1) is 5.41 Å². The van der Waals surface area contributed by atoms with Gasteiger partial charge in [0.1, 0.15) is 6.29 Å². The van der Waals surface area contributed by atoms with Crippen LogP contribution in [-0.4, -0.2) is 6.29 Å². The predicted octanol–water partition coefficient (Wildman–Crippen LogP) is 3.27. The Morgan fingerprint density at radius 1 is 1.31 bits per heavy atom. The molecule has 0 aromatic rings. The van der Waals surface area contributed by atoms with Crippen molar-refractivity contribution in [3.63, 3.8) is 0 Å². The Balaban J connectivity index is 2.56. The largest absolute Gasteiger partial charge is 0.299 e. The zero-order valence-electron chi connectivity index (χ0n) is 8.55. The van der Waals surface area contributed by atoms with Gasteiger partial charge in [0.15, 0.2) is 0 Å². The summed E-state index contributed by atoms with van der Waals surface area (Å²) in [4.78, 5) is 10.1. The van der Waals surface area contributed by atoms with Gasteiger partial charge in [-0.3, -0.25) is 4.79 Å². The molecule has 1 aliphatic rings. The van der Waals surface area contributed by atoms with Gasteiger partial charge in [-0.05, 0) is 37.2 Å². The summed E-state index contributed by atoms with van der Waals surface area (Å²) < 4.78 is 0. The molecule has 1 heteroatoms. The van der Waals surface area contributed by atoms with Gasteiger partial charge < -0.3 is 0 Å². The first-order valence-electron chi connectivity index (χ1n) is 4.94. The Morgan fingerprint density at radius 2 is 2.08 bits per heavy atom. The lowest BCUT2D eigenvalue weighted by Crippen LogP contribution is -2.16. The Bertz CT molecular complexity index is 234. The quantitative estimate of drug-likeness (QED) is 0.468. The van der Waals surface area contributed by atoms with E-state index in [0.717, 1.165) is 6.29 Å². The maximum absolute atomic E-state index is 10.1. The lowest BCUT2D eigenvalue weighted by Gasteiger charge is -2.31. The summed E-state index contributed by atoms with van der Waals surface area (Å²) in [6, 6.07) is 0. The molecule has 1 nitrogen and oxygen atoms in total. The van der Waals surface area contributed by atoms with Crippen molar-refractivity contribution in [2.75, 3.05) is 0 Å². The third-order valence-corrected chi connectivity index (χ3v) is 2.58. The standard InChI is InChI=1S/C12H18O/c1-12(2)8-5-7-11(10-12)6-3-4-9-13/h3-4,6,9H,5,7-8,10H2,1-2H3. The molecule has 0 N–H and O–H groups in total. The van der Waals surface area contributed by atoms with E-state index < -0.39 is 0 Å². The Kier molecular flexibility index (Phi) is 3.47. The van der Waals surface area contributed by atoms with Crippen LogP contribution in [0.3, 0.4) is 0 Å². The second kappa shape index (κ2) is 4.40. The fourth-order valence-electron chi connectivity index (χ4n) is 1.96. The smallest absolute Gasteiger partial charge is 0.142 e. The Labute approximate surface area is 80.5 Å². The summed E-state index contributed by atoms with van der Waals surface area (Å²) in [5.41, 5.74) is 1.94. The van der Waals surface area contributed by atoms with Gasteiger partial charge >= 0.3 is 0 Å². The van der Waals surface area contributed by atoms with Crippen LogP contribution in [0.1, 0.15) is 39.5 Å². The summed E-state index contributed by atoms with van der Waals surface area (Å²) in [6.07, 6.45) is 11.3. The first-order chi connectivity index (χ1) is 6.14. The molecule has 0 radical (unpaired) electrons. The molecule has 1 aliphatic carbocycles. The second-order valence-corrected chi connectivity index (χ2v) is 4.54. The van der Waals surface area contributed by atoms with E-state index in [-0.39, 0.29) is 0 Å². The number of hydrogen-bond acceptors (Lipinski definition) is 1. The highest BCUT2D eigenvalue weighted by atomic mass is 16.1. The van der Waals surface area contributed by atoms with Crippen LogP contribution < -0.4 is 0 Å². The minimum absolute atomic E-state index is 0.457. The topological polar surface area (TPSA) is 17.1 Å². The van der Waals surface area contributed by atoms with Crippen molar-refractivity contribution < 1.29 is 4.79 Å². The molecule has 1 fully saturated rings. The minimum Gasteiger partial charge on any atom is -0.299 e. The molecule has 0 heterocycles. The third kappa shape index (κ3) is 3.58. The molecule has 72 valence electrons. The number of rotatable bonds is 2. The molecule has 13 heavy (non-hydrogen) atoms. The minimum atomic E-state index is 0.457. The van der Waals surface area contributed by atoms with Gasteiger partial charge in [0, 0.05) is 0 Å². The van der Waals surface area contributed by atoms with E-state index in [0.29, 0.717) is 5.41 Å². The van der Waals surface area contributed by atoms with E-state index in [2.05, 4.69) is 19.9 Å². The SMILES string of the molecule is CC1(C)CCCC(=CC=CC=O)C1. The molecule has 0 bridgehead atoms. The van der Waals surface area contributed by atoms with E-state index >= 15 is 0 Å². The van der Waals surface area contributed by atoms with Gasteiger partial charge in [-0.2, -0.15) is 0 Å². The maximum atomic E-state index is 10.1. The van der Waals surface area contributed by atoms with E-state index in [1.165, 1.54) is 31.3 Å². The number of carbonyl (C=O) groups is 1. The van der Waals surface area contributed by atoms with Crippen molar-refractivity contribution in [1.82, 2.24) is 0 Å². The molecular formula is C12H18O. The molecule has 0 atom stereocenters. The molecule has 0 amide bonds. The number of carbonyl (C=O) groups excluding carboxylic acids is 1.